The summed E-state index contributed by atoms with van der Waals surface area (Å²) in [6.45, 7) is 8.03. The highest BCUT2D eigenvalue weighted by Gasteiger charge is 2.45. The Labute approximate surface area is 108 Å². The van der Waals surface area contributed by atoms with Gasteiger partial charge in [0.2, 0.25) is 0 Å². The summed E-state index contributed by atoms with van der Waals surface area (Å²) in [6, 6.07) is 0.667. The molecule has 1 unspecified atom stereocenters. The Morgan fingerprint density at radius 1 is 1.06 bits per heavy atom. The molecule has 17 heavy (non-hydrogen) atoms. The Balaban J connectivity index is 2.92. The van der Waals surface area contributed by atoms with Crippen molar-refractivity contribution < 1.29 is 0 Å². The quantitative estimate of drug-likeness (QED) is 0.735. The van der Waals surface area contributed by atoms with Crippen LogP contribution in [-0.4, -0.2) is 37.1 Å². The maximum Gasteiger partial charge on any atom is 0.0359 e. The minimum absolute atomic E-state index is 0.409. The van der Waals surface area contributed by atoms with E-state index in [1.54, 1.807) is 0 Å². The Morgan fingerprint density at radius 2 is 1.59 bits per heavy atom. The first-order chi connectivity index (χ1) is 8.12. The van der Waals surface area contributed by atoms with Gasteiger partial charge in [0.05, 0.1) is 0 Å². The van der Waals surface area contributed by atoms with E-state index in [0.717, 1.165) is 12.5 Å². The van der Waals surface area contributed by atoms with Gasteiger partial charge in [-0.15, -0.1) is 0 Å². The van der Waals surface area contributed by atoms with Gasteiger partial charge in [-0.1, -0.05) is 46.5 Å². The molecule has 0 bridgehead atoms. The zero-order valence-electron chi connectivity index (χ0n) is 12.6. The van der Waals surface area contributed by atoms with Gasteiger partial charge in [-0.25, -0.2) is 0 Å². The van der Waals surface area contributed by atoms with Crippen molar-refractivity contribution in [2.24, 2.45) is 5.92 Å². The Hall–Kier alpha value is -0.0800. The largest absolute Gasteiger partial charge is 0.312 e. The molecule has 0 aromatic carbocycles. The topological polar surface area (TPSA) is 15.3 Å². The van der Waals surface area contributed by atoms with E-state index in [9.17, 15) is 0 Å². The molecule has 0 spiro atoms. The normalized spacial score (nSPS) is 21.4. The van der Waals surface area contributed by atoms with E-state index in [1.807, 2.05) is 0 Å². The van der Waals surface area contributed by atoms with Crippen molar-refractivity contribution in [1.82, 2.24) is 10.2 Å². The smallest absolute Gasteiger partial charge is 0.0359 e. The number of hydrogen-bond acceptors (Lipinski definition) is 2. The first-order valence-electron chi connectivity index (χ1n) is 7.53. The monoisotopic (exact) mass is 240 g/mol. The molecule has 1 atom stereocenters. The van der Waals surface area contributed by atoms with Crippen LogP contribution >= 0.6 is 0 Å². The van der Waals surface area contributed by atoms with Crippen molar-refractivity contribution in [3.05, 3.63) is 0 Å². The molecule has 2 heteroatoms. The summed E-state index contributed by atoms with van der Waals surface area (Å²) in [5, 5.41) is 3.81. The predicted octanol–water partition coefficient (Wildman–Crippen LogP) is 3.28. The molecule has 1 aliphatic rings. The molecule has 0 heterocycles. The third-order valence-electron chi connectivity index (χ3n) is 4.88. The van der Waals surface area contributed by atoms with Crippen LogP contribution in [0, 0.1) is 5.92 Å². The first kappa shape index (κ1) is 15.0. The first-order valence-corrected chi connectivity index (χ1v) is 7.53. The Kier molecular flexibility index (Phi) is 5.94. The molecular weight excluding hydrogens is 208 g/mol. The fraction of sp³-hybridized carbons (Fsp3) is 1.00. The van der Waals surface area contributed by atoms with E-state index in [-0.39, 0.29) is 0 Å². The van der Waals surface area contributed by atoms with Gasteiger partial charge in [0, 0.05) is 11.6 Å². The maximum atomic E-state index is 3.81. The number of likely N-dealkylation sites (N-methyl/N-ethyl adjacent to an activating group) is 2. The average molecular weight is 240 g/mol. The fourth-order valence-electron chi connectivity index (χ4n) is 3.80. The van der Waals surface area contributed by atoms with Crippen LogP contribution in [0.15, 0.2) is 0 Å². The SMILES string of the molecule is CCNC(C(CC)CC)C1(N(C)C)CCCC1. The Bertz CT molecular complexity index is 203. The number of hydrogen-bond donors (Lipinski definition) is 1. The van der Waals surface area contributed by atoms with Crippen LogP contribution in [0.25, 0.3) is 0 Å². The van der Waals surface area contributed by atoms with Gasteiger partial charge in [-0.2, -0.15) is 0 Å². The second-order valence-corrected chi connectivity index (χ2v) is 5.82. The molecule has 102 valence electrons. The van der Waals surface area contributed by atoms with Gasteiger partial charge in [0.1, 0.15) is 0 Å². The minimum atomic E-state index is 0.409. The summed E-state index contributed by atoms with van der Waals surface area (Å²) in [4.78, 5) is 2.51. The molecule has 0 aromatic rings. The minimum Gasteiger partial charge on any atom is -0.312 e. The molecule has 1 N–H and O–H groups in total. The third kappa shape index (κ3) is 3.03. The van der Waals surface area contributed by atoms with E-state index in [4.69, 9.17) is 0 Å². The summed E-state index contributed by atoms with van der Waals surface area (Å²) in [5.41, 5.74) is 0.409. The summed E-state index contributed by atoms with van der Waals surface area (Å²) in [7, 11) is 4.55. The molecule has 0 saturated heterocycles. The van der Waals surface area contributed by atoms with Gasteiger partial charge in [0.15, 0.2) is 0 Å². The summed E-state index contributed by atoms with van der Waals surface area (Å²) in [6.07, 6.45) is 8.14. The van der Waals surface area contributed by atoms with Gasteiger partial charge in [0.25, 0.3) is 0 Å². The van der Waals surface area contributed by atoms with Crippen LogP contribution in [0.5, 0.6) is 0 Å². The Morgan fingerprint density at radius 3 is 1.94 bits per heavy atom. The van der Waals surface area contributed by atoms with Crippen LogP contribution in [0.4, 0.5) is 0 Å². The zero-order valence-corrected chi connectivity index (χ0v) is 12.6. The third-order valence-corrected chi connectivity index (χ3v) is 4.88. The zero-order chi connectivity index (χ0) is 12.9. The second-order valence-electron chi connectivity index (χ2n) is 5.82. The maximum absolute atomic E-state index is 3.81. The highest BCUT2D eigenvalue weighted by Crippen LogP contribution is 2.40. The summed E-state index contributed by atoms with van der Waals surface area (Å²) < 4.78 is 0. The van der Waals surface area contributed by atoms with Gasteiger partial charge >= 0.3 is 0 Å². The predicted molar refractivity (Wildman–Crippen MR) is 76.4 cm³/mol. The fourth-order valence-corrected chi connectivity index (χ4v) is 3.80. The molecule has 0 aromatic heterocycles. The van der Waals surface area contributed by atoms with Crippen LogP contribution in [0.3, 0.4) is 0 Å². The molecule has 1 fully saturated rings. The summed E-state index contributed by atoms with van der Waals surface area (Å²) >= 11 is 0. The van der Waals surface area contributed by atoms with Gasteiger partial charge in [-0.05, 0) is 39.4 Å². The molecule has 1 rings (SSSR count). The second kappa shape index (κ2) is 6.75. The van der Waals surface area contributed by atoms with Crippen molar-refractivity contribution in [2.75, 3.05) is 20.6 Å². The highest BCUT2D eigenvalue weighted by atomic mass is 15.2. The molecule has 0 radical (unpaired) electrons. The van der Waals surface area contributed by atoms with Crippen molar-refractivity contribution in [2.45, 2.75) is 70.9 Å². The number of rotatable bonds is 7. The molecular formula is C15H32N2. The van der Waals surface area contributed by atoms with Crippen LogP contribution in [0.2, 0.25) is 0 Å². The van der Waals surface area contributed by atoms with E-state index < -0.39 is 0 Å². The van der Waals surface area contributed by atoms with Crippen LogP contribution < -0.4 is 5.32 Å². The highest BCUT2D eigenvalue weighted by molar-refractivity contribution is 5.04. The summed E-state index contributed by atoms with van der Waals surface area (Å²) in [5.74, 6) is 0.815. The lowest BCUT2D eigenvalue weighted by molar-refractivity contribution is 0.0712. The van der Waals surface area contributed by atoms with Crippen molar-refractivity contribution >= 4 is 0 Å². The standard InChI is InChI=1S/C15H32N2/c1-6-13(7-2)14(16-8-3)15(17(4)5)11-9-10-12-15/h13-14,16H,6-12H2,1-5H3. The molecule has 2 nitrogen and oxygen atoms in total. The molecule has 1 aliphatic carbocycles. The lowest BCUT2D eigenvalue weighted by atomic mass is 9.77. The molecule has 0 amide bonds. The molecule has 1 saturated carbocycles. The lowest BCUT2D eigenvalue weighted by Gasteiger charge is -2.47. The van der Waals surface area contributed by atoms with E-state index in [0.29, 0.717) is 11.6 Å². The number of nitrogens with zero attached hydrogens (tertiary/aromatic N) is 1. The van der Waals surface area contributed by atoms with Crippen molar-refractivity contribution in [3.8, 4) is 0 Å². The number of nitrogens with one attached hydrogen (secondary N) is 1. The van der Waals surface area contributed by atoms with E-state index >= 15 is 0 Å². The van der Waals surface area contributed by atoms with Gasteiger partial charge in [-0.3, -0.25) is 0 Å². The van der Waals surface area contributed by atoms with Crippen molar-refractivity contribution in [1.29, 1.82) is 0 Å². The van der Waals surface area contributed by atoms with Crippen LogP contribution in [0.1, 0.15) is 59.3 Å². The lowest BCUT2D eigenvalue weighted by Crippen LogP contribution is -2.60. The molecule has 0 aliphatic heterocycles. The van der Waals surface area contributed by atoms with Crippen molar-refractivity contribution in [3.63, 3.8) is 0 Å². The van der Waals surface area contributed by atoms with E-state index in [1.165, 1.54) is 38.5 Å². The van der Waals surface area contributed by atoms with E-state index in [2.05, 4.69) is 45.1 Å². The van der Waals surface area contributed by atoms with Gasteiger partial charge < -0.3 is 10.2 Å². The average Bonchev–Trinajstić information content (AvgIpc) is 2.79. The van der Waals surface area contributed by atoms with Crippen LogP contribution in [-0.2, 0) is 0 Å².